The highest BCUT2D eigenvalue weighted by Gasteiger charge is 2.26. The fourth-order valence-electron chi connectivity index (χ4n) is 3.45. The average molecular weight is 484 g/mol. The number of anilines is 2. The Labute approximate surface area is 204 Å². The standard InChI is InChI=1S/C25H33N5O3S/c1-24(2,3)21(32)18-11-16(13-30(18)8)26-22(33)19-9-15(12-29(19)7)10-20(31)17-14-34-23(27-17)28-25(4,5)6/h9,11-14H,10H2,1-8H3,(H,26,33)(H,27,28). The molecule has 3 aromatic rings. The summed E-state index contributed by atoms with van der Waals surface area (Å²) in [5.74, 6) is -0.422. The number of carbonyl (C=O) groups excluding carboxylic acids is 3. The summed E-state index contributed by atoms with van der Waals surface area (Å²) in [6.45, 7) is 11.7. The molecule has 8 nitrogen and oxygen atoms in total. The number of amides is 1. The van der Waals surface area contributed by atoms with Crippen molar-refractivity contribution >= 4 is 39.6 Å². The summed E-state index contributed by atoms with van der Waals surface area (Å²) in [5.41, 5.74) is 1.97. The highest BCUT2D eigenvalue weighted by atomic mass is 32.1. The van der Waals surface area contributed by atoms with E-state index in [1.165, 1.54) is 11.3 Å². The molecule has 0 radical (unpaired) electrons. The van der Waals surface area contributed by atoms with Crippen molar-refractivity contribution in [3.8, 4) is 0 Å². The van der Waals surface area contributed by atoms with Crippen molar-refractivity contribution in [3.63, 3.8) is 0 Å². The molecule has 0 bridgehead atoms. The minimum absolute atomic E-state index is 0.00179. The van der Waals surface area contributed by atoms with Gasteiger partial charge in [-0.05, 0) is 38.5 Å². The first-order valence-electron chi connectivity index (χ1n) is 11.1. The molecular formula is C25H33N5O3S. The highest BCUT2D eigenvalue weighted by molar-refractivity contribution is 7.13. The maximum absolute atomic E-state index is 12.9. The van der Waals surface area contributed by atoms with E-state index in [1.54, 1.807) is 53.1 Å². The van der Waals surface area contributed by atoms with Gasteiger partial charge in [-0.3, -0.25) is 14.4 Å². The fourth-order valence-corrected chi connectivity index (χ4v) is 4.37. The second-order valence-corrected chi connectivity index (χ2v) is 11.5. The summed E-state index contributed by atoms with van der Waals surface area (Å²) in [7, 11) is 3.54. The Kier molecular flexibility index (Phi) is 6.89. The zero-order chi connectivity index (χ0) is 25.4. The molecule has 3 aromatic heterocycles. The van der Waals surface area contributed by atoms with Crippen LogP contribution in [0.2, 0.25) is 0 Å². The Bertz CT molecular complexity index is 1230. The smallest absolute Gasteiger partial charge is 0.272 e. The molecular weight excluding hydrogens is 450 g/mol. The third-order valence-corrected chi connectivity index (χ3v) is 5.87. The van der Waals surface area contributed by atoms with Crippen molar-refractivity contribution < 1.29 is 14.4 Å². The number of aromatic nitrogens is 3. The van der Waals surface area contributed by atoms with Gasteiger partial charge in [-0.15, -0.1) is 11.3 Å². The van der Waals surface area contributed by atoms with Crippen LogP contribution in [0, 0.1) is 5.41 Å². The Morgan fingerprint density at radius 2 is 1.62 bits per heavy atom. The molecule has 9 heteroatoms. The lowest BCUT2D eigenvalue weighted by atomic mass is 9.89. The second kappa shape index (κ2) is 9.21. The molecule has 3 heterocycles. The number of hydrogen-bond donors (Lipinski definition) is 2. The molecule has 34 heavy (non-hydrogen) atoms. The lowest BCUT2D eigenvalue weighted by Gasteiger charge is -2.19. The predicted octanol–water partition coefficient (Wildman–Crippen LogP) is 4.94. The number of nitrogens with zero attached hydrogens (tertiary/aromatic N) is 3. The van der Waals surface area contributed by atoms with Crippen LogP contribution in [0.1, 0.15) is 78.6 Å². The van der Waals surface area contributed by atoms with E-state index in [1.807, 2.05) is 41.5 Å². The van der Waals surface area contributed by atoms with Gasteiger partial charge in [-0.2, -0.15) is 0 Å². The average Bonchev–Trinajstić information content (AvgIpc) is 3.38. The summed E-state index contributed by atoms with van der Waals surface area (Å²) < 4.78 is 3.41. The van der Waals surface area contributed by atoms with E-state index < -0.39 is 5.41 Å². The molecule has 182 valence electrons. The number of carbonyl (C=O) groups is 3. The van der Waals surface area contributed by atoms with Gasteiger partial charge in [-0.1, -0.05) is 20.8 Å². The molecule has 3 rings (SSSR count). The van der Waals surface area contributed by atoms with E-state index >= 15 is 0 Å². The summed E-state index contributed by atoms with van der Waals surface area (Å²) >= 11 is 1.40. The molecule has 1 amide bonds. The minimum Gasteiger partial charge on any atom is -0.357 e. The van der Waals surface area contributed by atoms with Gasteiger partial charge >= 0.3 is 0 Å². The Morgan fingerprint density at radius 1 is 0.971 bits per heavy atom. The lowest BCUT2D eigenvalue weighted by molar-refractivity contribution is 0.0849. The van der Waals surface area contributed by atoms with Gasteiger partial charge in [0.15, 0.2) is 16.7 Å². The number of ketones is 2. The third-order valence-electron chi connectivity index (χ3n) is 5.11. The van der Waals surface area contributed by atoms with Crippen LogP contribution >= 0.6 is 11.3 Å². The lowest BCUT2D eigenvalue weighted by Crippen LogP contribution is -2.25. The normalized spacial score (nSPS) is 12.0. The molecule has 0 aliphatic heterocycles. The molecule has 0 fully saturated rings. The fraction of sp³-hybridized carbons (Fsp3) is 0.440. The zero-order valence-corrected chi connectivity index (χ0v) is 21.9. The van der Waals surface area contributed by atoms with E-state index in [9.17, 15) is 14.4 Å². The maximum atomic E-state index is 12.9. The van der Waals surface area contributed by atoms with Crippen molar-refractivity contribution in [2.75, 3.05) is 10.6 Å². The van der Waals surface area contributed by atoms with Gasteiger partial charge in [0, 0.05) is 49.2 Å². The number of aryl methyl sites for hydroxylation is 2. The van der Waals surface area contributed by atoms with Gasteiger partial charge < -0.3 is 19.8 Å². The van der Waals surface area contributed by atoms with Crippen molar-refractivity contribution in [1.82, 2.24) is 14.1 Å². The number of nitrogens with one attached hydrogen (secondary N) is 2. The van der Waals surface area contributed by atoms with Gasteiger partial charge in [0.2, 0.25) is 0 Å². The first-order valence-corrected chi connectivity index (χ1v) is 12.0. The molecule has 0 atom stereocenters. The van der Waals surface area contributed by atoms with Crippen molar-refractivity contribution in [2.24, 2.45) is 19.5 Å². The van der Waals surface area contributed by atoms with Crippen molar-refractivity contribution in [3.05, 3.63) is 52.6 Å². The van der Waals surface area contributed by atoms with Crippen LogP contribution in [-0.4, -0.2) is 37.1 Å². The SMILES string of the molecule is Cn1cc(CC(=O)c2csc(NC(C)(C)C)n2)cc1C(=O)Nc1cc(C(=O)C(C)(C)C)n(C)c1. The molecule has 0 spiro atoms. The van der Waals surface area contributed by atoms with E-state index in [2.05, 4.69) is 15.6 Å². The number of rotatable bonds is 7. The van der Waals surface area contributed by atoms with Crippen LogP contribution in [0.4, 0.5) is 10.8 Å². The number of thiazole rings is 1. The molecule has 2 N–H and O–H groups in total. The highest BCUT2D eigenvalue weighted by Crippen LogP contribution is 2.25. The van der Waals surface area contributed by atoms with Crippen LogP contribution in [-0.2, 0) is 20.5 Å². The van der Waals surface area contributed by atoms with E-state index in [-0.39, 0.29) is 29.4 Å². The Hall–Kier alpha value is -3.20. The van der Waals surface area contributed by atoms with Crippen molar-refractivity contribution in [2.45, 2.75) is 53.5 Å². The molecule has 0 saturated carbocycles. The van der Waals surface area contributed by atoms with Crippen molar-refractivity contribution in [1.29, 1.82) is 0 Å². The van der Waals surface area contributed by atoms with Gasteiger partial charge in [0.05, 0.1) is 11.4 Å². The van der Waals surface area contributed by atoms with Crippen LogP contribution in [0.5, 0.6) is 0 Å². The van der Waals surface area contributed by atoms with Gasteiger partial charge in [-0.25, -0.2) is 4.98 Å². The first-order chi connectivity index (χ1) is 15.6. The van der Waals surface area contributed by atoms with Crippen LogP contribution in [0.25, 0.3) is 0 Å². The van der Waals surface area contributed by atoms with Crippen LogP contribution < -0.4 is 10.6 Å². The van der Waals surface area contributed by atoms with E-state index in [4.69, 9.17) is 0 Å². The number of Topliss-reactive ketones (excluding diaryl/α,β-unsaturated/α-hetero) is 2. The first kappa shape index (κ1) is 25.4. The largest absolute Gasteiger partial charge is 0.357 e. The minimum atomic E-state index is -0.520. The molecule has 0 unspecified atom stereocenters. The number of hydrogen-bond acceptors (Lipinski definition) is 6. The van der Waals surface area contributed by atoms with E-state index in [0.29, 0.717) is 27.9 Å². The predicted molar refractivity (Wildman–Crippen MR) is 136 cm³/mol. The van der Waals surface area contributed by atoms with Gasteiger partial charge in [0.25, 0.3) is 5.91 Å². The quantitative estimate of drug-likeness (QED) is 0.464. The third kappa shape index (κ3) is 6.02. The zero-order valence-electron chi connectivity index (χ0n) is 21.1. The summed E-state index contributed by atoms with van der Waals surface area (Å²) in [6.07, 6.45) is 3.64. The molecule has 0 aliphatic carbocycles. The van der Waals surface area contributed by atoms with Crippen LogP contribution in [0.15, 0.2) is 29.9 Å². The summed E-state index contributed by atoms with van der Waals surface area (Å²) in [4.78, 5) is 42.6. The molecule has 0 aromatic carbocycles. The monoisotopic (exact) mass is 483 g/mol. The second-order valence-electron chi connectivity index (χ2n) is 10.6. The summed E-state index contributed by atoms with van der Waals surface area (Å²) in [5, 5.41) is 8.57. The van der Waals surface area contributed by atoms with Gasteiger partial charge in [0.1, 0.15) is 11.4 Å². The van der Waals surface area contributed by atoms with Crippen LogP contribution in [0.3, 0.4) is 0 Å². The Balaban J connectivity index is 1.70. The molecule has 0 aliphatic rings. The topological polar surface area (TPSA) is 98.0 Å². The van der Waals surface area contributed by atoms with E-state index in [0.717, 1.165) is 5.56 Å². The summed E-state index contributed by atoms with van der Waals surface area (Å²) in [6, 6.07) is 3.39. The molecule has 0 saturated heterocycles. The maximum Gasteiger partial charge on any atom is 0.272 e. The Morgan fingerprint density at radius 3 is 2.24 bits per heavy atom.